The summed E-state index contributed by atoms with van der Waals surface area (Å²) in [5, 5.41) is 2.92. The summed E-state index contributed by atoms with van der Waals surface area (Å²) in [6.07, 6.45) is 1.81. The Bertz CT molecular complexity index is 1070. The van der Waals surface area contributed by atoms with Crippen molar-refractivity contribution in [3.63, 3.8) is 0 Å². The number of anilines is 1. The lowest BCUT2D eigenvalue weighted by Crippen LogP contribution is -2.11. The minimum atomic E-state index is -0.139. The van der Waals surface area contributed by atoms with Gasteiger partial charge in [-0.15, -0.1) is 0 Å². The van der Waals surface area contributed by atoms with E-state index >= 15 is 0 Å². The Morgan fingerprint density at radius 2 is 1.74 bits per heavy atom. The fourth-order valence-electron chi connectivity index (χ4n) is 2.99. The van der Waals surface area contributed by atoms with E-state index in [1.807, 2.05) is 65.2 Å². The van der Waals surface area contributed by atoms with Crippen molar-refractivity contribution in [1.82, 2.24) is 9.55 Å². The van der Waals surface area contributed by atoms with Crippen molar-refractivity contribution in [1.29, 1.82) is 0 Å². The molecule has 1 N–H and O–H groups in total. The second-order valence-electron chi connectivity index (χ2n) is 6.23. The van der Waals surface area contributed by atoms with Crippen molar-refractivity contribution < 1.29 is 9.53 Å². The number of methoxy groups -OCH3 is 1. The molecule has 0 atom stereocenters. The minimum absolute atomic E-state index is 0.139. The van der Waals surface area contributed by atoms with Crippen LogP contribution in [0.1, 0.15) is 15.9 Å². The van der Waals surface area contributed by atoms with Gasteiger partial charge in [-0.3, -0.25) is 9.36 Å². The number of nitrogens with one attached hydrogen (secondary N) is 1. The number of carbonyl (C=O) groups is 1. The number of aromatic nitrogens is 2. The highest BCUT2D eigenvalue weighted by Gasteiger charge is 2.07. The Morgan fingerprint density at radius 3 is 2.48 bits per heavy atom. The molecular weight excluding hydrogens is 338 g/mol. The van der Waals surface area contributed by atoms with Crippen LogP contribution in [0.15, 0.2) is 79.1 Å². The number of hydrogen-bond acceptors (Lipinski definition) is 3. The SMILES string of the molecule is COCc1ccc(C(=O)Nc2ccc(-n3cnc4ccccc43)cc2)cc1. The Hall–Kier alpha value is -3.44. The highest BCUT2D eigenvalue weighted by Crippen LogP contribution is 2.20. The third-order valence-electron chi connectivity index (χ3n) is 4.38. The standard InChI is InChI=1S/C22H19N3O2/c1-27-14-16-6-8-17(9-7-16)22(26)24-18-10-12-19(13-11-18)25-15-23-20-4-2-3-5-21(20)25/h2-13,15H,14H2,1H3,(H,24,26). The van der Waals surface area contributed by atoms with Gasteiger partial charge in [0, 0.05) is 24.0 Å². The molecular formula is C22H19N3O2. The average Bonchev–Trinajstić information content (AvgIpc) is 3.13. The summed E-state index contributed by atoms with van der Waals surface area (Å²) in [6, 6.07) is 23.1. The smallest absolute Gasteiger partial charge is 0.255 e. The number of imidazole rings is 1. The van der Waals surface area contributed by atoms with Gasteiger partial charge in [0.1, 0.15) is 6.33 Å². The quantitative estimate of drug-likeness (QED) is 0.575. The monoisotopic (exact) mass is 357 g/mol. The van der Waals surface area contributed by atoms with Gasteiger partial charge in [-0.1, -0.05) is 24.3 Å². The molecule has 0 radical (unpaired) electrons. The summed E-state index contributed by atoms with van der Waals surface area (Å²) in [7, 11) is 1.65. The molecule has 0 saturated carbocycles. The van der Waals surface area contributed by atoms with Gasteiger partial charge in [0.15, 0.2) is 0 Å². The molecule has 0 aliphatic carbocycles. The molecule has 1 heterocycles. The van der Waals surface area contributed by atoms with Gasteiger partial charge >= 0.3 is 0 Å². The summed E-state index contributed by atoms with van der Waals surface area (Å²) < 4.78 is 7.11. The first kappa shape index (κ1) is 17.0. The predicted octanol–water partition coefficient (Wildman–Crippen LogP) is 4.42. The van der Waals surface area contributed by atoms with Crippen LogP contribution in [0, 0.1) is 0 Å². The van der Waals surface area contributed by atoms with Crippen molar-refractivity contribution in [3.05, 3.63) is 90.3 Å². The summed E-state index contributed by atoms with van der Waals surface area (Å²) >= 11 is 0. The van der Waals surface area contributed by atoms with E-state index in [1.165, 1.54) is 0 Å². The second-order valence-corrected chi connectivity index (χ2v) is 6.23. The van der Waals surface area contributed by atoms with E-state index in [0.29, 0.717) is 12.2 Å². The van der Waals surface area contributed by atoms with E-state index in [9.17, 15) is 4.79 Å². The van der Waals surface area contributed by atoms with Crippen LogP contribution in [0.4, 0.5) is 5.69 Å². The zero-order valence-corrected chi connectivity index (χ0v) is 14.9. The topological polar surface area (TPSA) is 56.1 Å². The fourth-order valence-corrected chi connectivity index (χ4v) is 2.99. The molecule has 4 aromatic rings. The van der Waals surface area contributed by atoms with Crippen LogP contribution in [-0.2, 0) is 11.3 Å². The molecule has 0 spiro atoms. The maximum absolute atomic E-state index is 12.4. The summed E-state index contributed by atoms with van der Waals surface area (Å²) in [4.78, 5) is 16.8. The third kappa shape index (κ3) is 3.59. The highest BCUT2D eigenvalue weighted by atomic mass is 16.5. The Morgan fingerprint density at radius 1 is 1.00 bits per heavy atom. The summed E-state index contributed by atoms with van der Waals surface area (Å²) in [5.41, 5.74) is 5.38. The van der Waals surface area contributed by atoms with Gasteiger partial charge < -0.3 is 10.1 Å². The van der Waals surface area contributed by atoms with Crippen LogP contribution in [0.3, 0.4) is 0 Å². The first-order valence-corrected chi connectivity index (χ1v) is 8.66. The minimum Gasteiger partial charge on any atom is -0.380 e. The maximum Gasteiger partial charge on any atom is 0.255 e. The third-order valence-corrected chi connectivity index (χ3v) is 4.38. The molecule has 5 heteroatoms. The molecule has 0 saturated heterocycles. The van der Waals surface area contributed by atoms with Gasteiger partial charge in [-0.25, -0.2) is 4.98 Å². The van der Waals surface area contributed by atoms with E-state index in [-0.39, 0.29) is 5.91 Å². The van der Waals surface area contributed by atoms with E-state index in [4.69, 9.17) is 4.74 Å². The van der Waals surface area contributed by atoms with E-state index < -0.39 is 0 Å². The van der Waals surface area contributed by atoms with E-state index in [2.05, 4.69) is 10.3 Å². The van der Waals surface area contributed by atoms with Crippen molar-refractivity contribution in [2.24, 2.45) is 0 Å². The van der Waals surface area contributed by atoms with Crippen molar-refractivity contribution in [2.75, 3.05) is 12.4 Å². The van der Waals surface area contributed by atoms with Gasteiger partial charge in [-0.05, 0) is 54.1 Å². The molecule has 0 bridgehead atoms. The molecule has 3 aromatic carbocycles. The molecule has 5 nitrogen and oxygen atoms in total. The van der Waals surface area contributed by atoms with Gasteiger partial charge in [0.2, 0.25) is 0 Å². The molecule has 0 aliphatic rings. The molecule has 27 heavy (non-hydrogen) atoms. The Balaban J connectivity index is 1.50. The molecule has 4 rings (SSSR count). The lowest BCUT2D eigenvalue weighted by atomic mass is 10.1. The lowest BCUT2D eigenvalue weighted by molar-refractivity contribution is 0.102. The first-order valence-electron chi connectivity index (χ1n) is 8.66. The van der Waals surface area contributed by atoms with Gasteiger partial charge in [-0.2, -0.15) is 0 Å². The summed E-state index contributed by atoms with van der Waals surface area (Å²) in [5.74, 6) is -0.139. The first-order chi connectivity index (χ1) is 13.2. The number of rotatable bonds is 5. The van der Waals surface area contributed by atoms with Crippen LogP contribution < -0.4 is 5.32 Å². The highest BCUT2D eigenvalue weighted by molar-refractivity contribution is 6.04. The number of nitrogens with zero attached hydrogens (tertiary/aromatic N) is 2. The van der Waals surface area contributed by atoms with Gasteiger partial charge in [0.05, 0.1) is 17.6 Å². The van der Waals surface area contributed by atoms with Crippen LogP contribution in [0.25, 0.3) is 16.7 Å². The molecule has 0 unspecified atom stereocenters. The van der Waals surface area contributed by atoms with Crippen molar-refractivity contribution in [3.8, 4) is 5.69 Å². The molecule has 0 aliphatic heterocycles. The number of benzene rings is 3. The average molecular weight is 357 g/mol. The Kier molecular flexibility index (Phi) is 4.68. The number of carbonyl (C=O) groups excluding carboxylic acids is 1. The molecule has 1 amide bonds. The largest absolute Gasteiger partial charge is 0.380 e. The van der Waals surface area contributed by atoms with Crippen LogP contribution in [-0.4, -0.2) is 22.6 Å². The number of ether oxygens (including phenoxy) is 1. The van der Waals surface area contributed by atoms with E-state index in [0.717, 1.165) is 28.0 Å². The number of fused-ring (bicyclic) bond motifs is 1. The molecule has 0 fully saturated rings. The van der Waals surface area contributed by atoms with Crippen LogP contribution in [0.2, 0.25) is 0 Å². The van der Waals surface area contributed by atoms with Gasteiger partial charge in [0.25, 0.3) is 5.91 Å². The van der Waals surface area contributed by atoms with Crippen molar-refractivity contribution in [2.45, 2.75) is 6.61 Å². The zero-order valence-electron chi connectivity index (χ0n) is 14.9. The van der Waals surface area contributed by atoms with E-state index in [1.54, 1.807) is 25.6 Å². The number of hydrogen-bond donors (Lipinski definition) is 1. The maximum atomic E-state index is 12.4. The molecule has 134 valence electrons. The summed E-state index contributed by atoms with van der Waals surface area (Å²) in [6.45, 7) is 0.534. The number of amides is 1. The normalized spacial score (nSPS) is 10.9. The fraction of sp³-hybridized carbons (Fsp3) is 0.0909. The van der Waals surface area contributed by atoms with Crippen LogP contribution >= 0.6 is 0 Å². The predicted molar refractivity (Wildman–Crippen MR) is 106 cm³/mol. The zero-order chi connectivity index (χ0) is 18.6. The second kappa shape index (κ2) is 7.43. The Labute approximate surface area is 157 Å². The van der Waals surface area contributed by atoms with Crippen LogP contribution in [0.5, 0.6) is 0 Å². The number of para-hydroxylation sites is 2. The molecule has 1 aromatic heterocycles. The van der Waals surface area contributed by atoms with Crippen molar-refractivity contribution >= 4 is 22.6 Å². The lowest BCUT2D eigenvalue weighted by Gasteiger charge is -2.08.